The van der Waals surface area contributed by atoms with E-state index in [1.807, 2.05) is 0 Å². The molecule has 1 atom stereocenters. The van der Waals surface area contributed by atoms with Crippen molar-refractivity contribution in [3.8, 4) is 0 Å². The molecule has 5 nitrogen and oxygen atoms in total. The topological polar surface area (TPSA) is 37.3 Å². The maximum atomic E-state index is 5.83. The molecule has 0 amide bonds. The molecule has 0 N–H and O–H groups in total. The molecule has 0 aromatic heterocycles. The van der Waals surface area contributed by atoms with E-state index in [1.54, 1.807) is 0 Å². The summed E-state index contributed by atoms with van der Waals surface area (Å²) < 4.78 is 11.4. The second kappa shape index (κ2) is 6.57. The second-order valence-electron chi connectivity index (χ2n) is 5.53. The average Bonchev–Trinajstić information content (AvgIpc) is 2.49. The quantitative estimate of drug-likeness (QED) is 0.769. The third kappa shape index (κ3) is 3.39. The molecule has 3 rings (SSSR count). The molecule has 108 valence electrons. The van der Waals surface area contributed by atoms with Gasteiger partial charge in [-0.15, -0.1) is 0 Å². The summed E-state index contributed by atoms with van der Waals surface area (Å²) in [6, 6.07) is 0. The van der Waals surface area contributed by atoms with Crippen molar-refractivity contribution < 1.29 is 9.47 Å². The Morgan fingerprint density at radius 3 is 3.00 bits per heavy atom. The molecule has 0 bridgehead atoms. The van der Waals surface area contributed by atoms with Gasteiger partial charge in [-0.3, -0.25) is 4.99 Å². The highest BCUT2D eigenvalue weighted by molar-refractivity contribution is 5.81. The first-order chi connectivity index (χ1) is 9.43. The lowest BCUT2D eigenvalue weighted by atomic mass is 10.2. The third-order valence-electron chi connectivity index (χ3n) is 4.06. The number of rotatable bonds is 4. The zero-order valence-electron chi connectivity index (χ0n) is 11.7. The van der Waals surface area contributed by atoms with E-state index in [-0.39, 0.29) is 6.29 Å². The van der Waals surface area contributed by atoms with E-state index in [0.29, 0.717) is 0 Å². The van der Waals surface area contributed by atoms with E-state index in [4.69, 9.17) is 9.47 Å². The SMILES string of the molecule is C1CCC(OCCN2CCCN3CCCN=C32)OC1. The third-order valence-corrected chi connectivity index (χ3v) is 4.06. The van der Waals surface area contributed by atoms with E-state index in [2.05, 4.69) is 14.8 Å². The summed E-state index contributed by atoms with van der Waals surface area (Å²) in [5.74, 6) is 1.20. The smallest absolute Gasteiger partial charge is 0.196 e. The number of hydrogen-bond donors (Lipinski definition) is 0. The van der Waals surface area contributed by atoms with Crippen LogP contribution in [0.15, 0.2) is 4.99 Å². The number of guanidine groups is 1. The minimum Gasteiger partial charge on any atom is -0.353 e. The van der Waals surface area contributed by atoms with Crippen molar-refractivity contribution in [1.29, 1.82) is 0 Å². The number of fused-ring (bicyclic) bond motifs is 1. The minimum atomic E-state index is 0.0305. The highest BCUT2D eigenvalue weighted by Crippen LogP contribution is 2.16. The molecule has 0 radical (unpaired) electrons. The van der Waals surface area contributed by atoms with Crippen molar-refractivity contribution in [3.63, 3.8) is 0 Å². The highest BCUT2D eigenvalue weighted by Gasteiger charge is 2.25. The summed E-state index contributed by atoms with van der Waals surface area (Å²) in [6.07, 6.45) is 5.92. The Bertz CT molecular complexity index is 316. The summed E-state index contributed by atoms with van der Waals surface area (Å²) in [5, 5.41) is 0. The van der Waals surface area contributed by atoms with Crippen LogP contribution in [0.4, 0.5) is 0 Å². The van der Waals surface area contributed by atoms with Gasteiger partial charge in [-0.05, 0) is 32.1 Å². The van der Waals surface area contributed by atoms with Crippen LogP contribution in [0, 0.1) is 0 Å². The Kier molecular flexibility index (Phi) is 4.56. The minimum absolute atomic E-state index is 0.0305. The predicted octanol–water partition coefficient (Wildman–Crippen LogP) is 1.30. The van der Waals surface area contributed by atoms with Gasteiger partial charge in [-0.2, -0.15) is 0 Å². The maximum Gasteiger partial charge on any atom is 0.196 e. The molecule has 2 fully saturated rings. The molecular formula is C14H25N3O2. The first-order valence-electron chi connectivity index (χ1n) is 7.71. The Morgan fingerprint density at radius 2 is 2.11 bits per heavy atom. The van der Waals surface area contributed by atoms with Crippen LogP contribution in [0.1, 0.15) is 32.1 Å². The van der Waals surface area contributed by atoms with E-state index in [9.17, 15) is 0 Å². The average molecular weight is 267 g/mol. The number of hydrogen-bond acceptors (Lipinski definition) is 5. The van der Waals surface area contributed by atoms with Gasteiger partial charge in [0.15, 0.2) is 12.2 Å². The number of aliphatic imine (C=N–C) groups is 1. The fraction of sp³-hybridized carbons (Fsp3) is 0.929. The first-order valence-corrected chi connectivity index (χ1v) is 7.71. The monoisotopic (exact) mass is 267 g/mol. The molecule has 0 saturated carbocycles. The summed E-state index contributed by atoms with van der Waals surface area (Å²) in [7, 11) is 0. The molecular weight excluding hydrogens is 242 g/mol. The molecule has 3 aliphatic heterocycles. The van der Waals surface area contributed by atoms with E-state index in [1.165, 1.54) is 44.7 Å². The first kappa shape index (κ1) is 13.2. The molecule has 5 heteroatoms. The Morgan fingerprint density at radius 1 is 1.16 bits per heavy atom. The number of ether oxygens (including phenoxy) is 2. The molecule has 0 spiro atoms. The van der Waals surface area contributed by atoms with E-state index in [0.717, 1.165) is 39.3 Å². The molecule has 2 saturated heterocycles. The van der Waals surface area contributed by atoms with Gasteiger partial charge in [0, 0.05) is 39.3 Å². The van der Waals surface area contributed by atoms with Crippen LogP contribution in [0.25, 0.3) is 0 Å². The zero-order valence-corrected chi connectivity index (χ0v) is 11.7. The Labute approximate surface area is 115 Å². The van der Waals surface area contributed by atoms with Crippen LogP contribution in [-0.4, -0.2) is 68.0 Å². The molecule has 0 aromatic rings. The predicted molar refractivity (Wildman–Crippen MR) is 74.2 cm³/mol. The summed E-state index contributed by atoms with van der Waals surface area (Å²) in [6.45, 7) is 6.98. The van der Waals surface area contributed by atoms with Gasteiger partial charge in [0.05, 0.1) is 6.61 Å². The summed E-state index contributed by atoms with van der Waals surface area (Å²) >= 11 is 0. The molecule has 3 aliphatic rings. The summed E-state index contributed by atoms with van der Waals surface area (Å²) in [4.78, 5) is 9.48. The second-order valence-corrected chi connectivity index (χ2v) is 5.53. The van der Waals surface area contributed by atoms with Gasteiger partial charge in [-0.25, -0.2) is 0 Å². The lowest BCUT2D eigenvalue weighted by molar-refractivity contribution is -0.163. The zero-order chi connectivity index (χ0) is 12.9. The summed E-state index contributed by atoms with van der Waals surface area (Å²) in [5.41, 5.74) is 0. The van der Waals surface area contributed by atoms with E-state index < -0.39 is 0 Å². The van der Waals surface area contributed by atoms with Crippen LogP contribution in [-0.2, 0) is 9.47 Å². The van der Waals surface area contributed by atoms with Crippen molar-refractivity contribution in [2.45, 2.75) is 38.4 Å². The van der Waals surface area contributed by atoms with Gasteiger partial charge >= 0.3 is 0 Å². The van der Waals surface area contributed by atoms with Crippen molar-refractivity contribution in [1.82, 2.24) is 9.80 Å². The van der Waals surface area contributed by atoms with Crippen LogP contribution < -0.4 is 0 Å². The van der Waals surface area contributed by atoms with Crippen LogP contribution in [0.3, 0.4) is 0 Å². The van der Waals surface area contributed by atoms with Gasteiger partial charge in [0.25, 0.3) is 0 Å². The van der Waals surface area contributed by atoms with Gasteiger partial charge in [0.2, 0.25) is 0 Å². The lowest BCUT2D eigenvalue weighted by Crippen LogP contribution is -2.53. The van der Waals surface area contributed by atoms with Crippen molar-refractivity contribution in [3.05, 3.63) is 0 Å². The van der Waals surface area contributed by atoms with Gasteiger partial charge in [0.1, 0.15) is 0 Å². The lowest BCUT2D eigenvalue weighted by Gasteiger charge is -2.41. The van der Waals surface area contributed by atoms with Crippen LogP contribution in [0.2, 0.25) is 0 Å². The maximum absolute atomic E-state index is 5.83. The normalized spacial score (nSPS) is 28.0. The number of nitrogens with zero attached hydrogens (tertiary/aromatic N) is 3. The van der Waals surface area contributed by atoms with Crippen molar-refractivity contribution in [2.75, 3.05) is 45.9 Å². The molecule has 0 aromatic carbocycles. The van der Waals surface area contributed by atoms with Crippen molar-refractivity contribution >= 4 is 5.96 Å². The molecule has 1 unspecified atom stereocenters. The Hall–Kier alpha value is -0.810. The Balaban J connectivity index is 1.44. The van der Waals surface area contributed by atoms with E-state index >= 15 is 0 Å². The van der Waals surface area contributed by atoms with Crippen LogP contribution >= 0.6 is 0 Å². The highest BCUT2D eigenvalue weighted by atomic mass is 16.7. The fourth-order valence-electron chi connectivity index (χ4n) is 3.05. The van der Waals surface area contributed by atoms with Crippen LogP contribution in [0.5, 0.6) is 0 Å². The van der Waals surface area contributed by atoms with Gasteiger partial charge in [-0.1, -0.05) is 0 Å². The molecule has 3 heterocycles. The van der Waals surface area contributed by atoms with Gasteiger partial charge < -0.3 is 19.3 Å². The molecule has 0 aliphatic carbocycles. The standard InChI is InChI=1S/C14H25N3O2/c1-2-11-18-13(5-1)19-12-10-17-9-4-8-16-7-3-6-15-14(16)17/h13H,1-12H2. The molecule has 19 heavy (non-hydrogen) atoms. The fourth-order valence-corrected chi connectivity index (χ4v) is 3.05. The largest absolute Gasteiger partial charge is 0.353 e. The van der Waals surface area contributed by atoms with Crippen molar-refractivity contribution in [2.24, 2.45) is 4.99 Å².